The quantitative estimate of drug-likeness (QED) is 0.577. The van der Waals surface area contributed by atoms with Gasteiger partial charge in [0.2, 0.25) is 0 Å². The number of carbonyl (C=O) groups is 1. The van der Waals surface area contributed by atoms with E-state index < -0.39 is 12.2 Å². The zero-order valence-corrected chi connectivity index (χ0v) is 15.4. The van der Waals surface area contributed by atoms with Crippen LogP contribution in [-0.2, 0) is 4.74 Å². The van der Waals surface area contributed by atoms with Gasteiger partial charge in [-0.25, -0.2) is 4.79 Å². The van der Waals surface area contributed by atoms with E-state index in [9.17, 15) is 9.90 Å². The maximum atomic E-state index is 12.2. The molecule has 25 heavy (non-hydrogen) atoms. The minimum Gasteiger partial charge on any atom is -0.508 e. The van der Waals surface area contributed by atoms with E-state index in [1.807, 2.05) is 6.07 Å². The van der Waals surface area contributed by atoms with E-state index in [0.717, 1.165) is 3.57 Å². The molecule has 0 aliphatic rings. The van der Waals surface area contributed by atoms with Crippen molar-refractivity contribution in [3.63, 3.8) is 0 Å². The maximum absolute atomic E-state index is 12.2. The number of rotatable bonds is 6. The number of phenolic OH excluding ortho intramolecular Hbond substituents is 1. The van der Waals surface area contributed by atoms with Crippen molar-refractivity contribution >= 4 is 34.4 Å². The van der Waals surface area contributed by atoms with Crippen molar-refractivity contribution in [3.05, 3.63) is 57.2 Å². The van der Waals surface area contributed by atoms with Crippen molar-refractivity contribution in [1.29, 1.82) is 5.26 Å². The van der Waals surface area contributed by atoms with Gasteiger partial charge in [0.25, 0.3) is 0 Å². The number of nitrogens with zero attached hydrogens (tertiary/aromatic N) is 1. The highest BCUT2D eigenvalue weighted by molar-refractivity contribution is 14.1. The van der Waals surface area contributed by atoms with E-state index in [1.54, 1.807) is 42.5 Å². The van der Waals surface area contributed by atoms with Crippen molar-refractivity contribution in [2.45, 2.75) is 18.9 Å². The second kappa shape index (κ2) is 9.25. The molecule has 1 atom stereocenters. The number of anilines is 1. The standard InChI is InChI=1S/C18H17IN2O4/c19-13-5-8-16(23)15(10-13)17(2-1-9-22)25-18(24)21-14-6-3-12(11-20)4-7-14/h3-8,10,17,22-23H,1-2,9H2,(H,21,24)/t17-/m0/s1. The second-order valence-electron chi connectivity index (χ2n) is 5.28. The van der Waals surface area contributed by atoms with E-state index in [2.05, 4.69) is 27.9 Å². The van der Waals surface area contributed by atoms with Gasteiger partial charge in [0.15, 0.2) is 0 Å². The number of nitriles is 1. The van der Waals surface area contributed by atoms with E-state index in [4.69, 9.17) is 15.1 Å². The van der Waals surface area contributed by atoms with Crippen LogP contribution in [0.2, 0.25) is 0 Å². The van der Waals surface area contributed by atoms with E-state index in [1.165, 1.54) is 0 Å². The molecule has 0 radical (unpaired) electrons. The summed E-state index contributed by atoms with van der Waals surface area (Å²) in [6.45, 7) is -0.0399. The highest BCUT2D eigenvalue weighted by Gasteiger charge is 2.20. The fourth-order valence-electron chi connectivity index (χ4n) is 2.24. The Kier molecular flexibility index (Phi) is 7.03. The summed E-state index contributed by atoms with van der Waals surface area (Å²) in [6, 6.07) is 13.4. The topological polar surface area (TPSA) is 103 Å². The molecule has 1 amide bonds. The highest BCUT2D eigenvalue weighted by Crippen LogP contribution is 2.32. The molecule has 0 saturated heterocycles. The Balaban J connectivity index is 2.11. The molecule has 0 aromatic heterocycles. The van der Waals surface area contributed by atoms with E-state index in [0.29, 0.717) is 29.7 Å². The molecule has 0 unspecified atom stereocenters. The molecule has 2 aromatic carbocycles. The lowest BCUT2D eigenvalue weighted by Crippen LogP contribution is -2.18. The van der Waals surface area contributed by atoms with Gasteiger partial charge >= 0.3 is 6.09 Å². The number of hydrogen-bond donors (Lipinski definition) is 3. The summed E-state index contributed by atoms with van der Waals surface area (Å²) in [7, 11) is 0. The van der Waals surface area contributed by atoms with Gasteiger partial charge in [-0.05, 0) is 77.9 Å². The normalized spacial score (nSPS) is 11.4. The molecule has 6 nitrogen and oxygen atoms in total. The third kappa shape index (κ3) is 5.62. The summed E-state index contributed by atoms with van der Waals surface area (Å²) in [5.74, 6) is 0.0366. The van der Waals surface area contributed by atoms with Crippen molar-refractivity contribution in [2.75, 3.05) is 11.9 Å². The first-order valence-corrected chi connectivity index (χ1v) is 8.68. The number of halogens is 1. The number of phenols is 1. The fraction of sp³-hybridized carbons (Fsp3) is 0.222. The third-order valence-corrected chi connectivity index (χ3v) is 4.14. The molecule has 0 bridgehead atoms. The van der Waals surface area contributed by atoms with Crippen LogP contribution < -0.4 is 5.32 Å². The van der Waals surface area contributed by atoms with Crippen LogP contribution >= 0.6 is 22.6 Å². The summed E-state index contributed by atoms with van der Waals surface area (Å²) in [5, 5.41) is 30.5. The van der Waals surface area contributed by atoms with Crippen LogP contribution in [0.25, 0.3) is 0 Å². The number of benzene rings is 2. The molecule has 0 spiro atoms. The Morgan fingerprint density at radius 3 is 2.64 bits per heavy atom. The summed E-state index contributed by atoms with van der Waals surface area (Å²) < 4.78 is 6.34. The Bertz CT molecular complexity index is 772. The van der Waals surface area contributed by atoms with Gasteiger partial charge in [-0.1, -0.05) is 0 Å². The Morgan fingerprint density at radius 1 is 1.28 bits per heavy atom. The van der Waals surface area contributed by atoms with Crippen molar-refractivity contribution in [2.24, 2.45) is 0 Å². The fourth-order valence-corrected chi connectivity index (χ4v) is 2.76. The third-order valence-electron chi connectivity index (χ3n) is 3.47. The van der Waals surface area contributed by atoms with Gasteiger partial charge in [0.1, 0.15) is 11.9 Å². The molecular formula is C18H17IN2O4. The van der Waals surface area contributed by atoms with Crippen LogP contribution in [0.3, 0.4) is 0 Å². The summed E-state index contributed by atoms with van der Waals surface area (Å²) in [5.41, 5.74) is 1.48. The zero-order valence-electron chi connectivity index (χ0n) is 13.3. The monoisotopic (exact) mass is 452 g/mol. The number of nitrogens with one attached hydrogen (secondary N) is 1. The van der Waals surface area contributed by atoms with Gasteiger partial charge in [0.05, 0.1) is 11.6 Å². The molecule has 2 rings (SSSR count). The lowest BCUT2D eigenvalue weighted by molar-refractivity contribution is 0.0979. The molecule has 0 heterocycles. The number of carbonyl (C=O) groups excluding carboxylic acids is 1. The van der Waals surface area contributed by atoms with Gasteiger partial charge in [-0.2, -0.15) is 5.26 Å². The molecule has 0 fully saturated rings. The first-order chi connectivity index (χ1) is 12.0. The molecule has 130 valence electrons. The lowest BCUT2D eigenvalue weighted by atomic mass is 10.0. The summed E-state index contributed by atoms with van der Waals surface area (Å²) >= 11 is 2.11. The average Bonchev–Trinajstić information content (AvgIpc) is 2.61. The summed E-state index contributed by atoms with van der Waals surface area (Å²) in [4.78, 5) is 12.2. The van der Waals surface area contributed by atoms with Crippen LogP contribution in [-0.4, -0.2) is 22.9 Å². The van der Waals surface area contributed by atoms with Crippen LogP contribution in [0.4, 0.5) is 10.5 Å². The molecular weight excluding hydrogens is 435 g/mol. The Hall–Kier alpha value is -2.31. The molecule has 7 heteroatoms. The molecule has 2 aromatic rings. The maximum Gasteiger partial charge on any atom is 0.412 e. The zero-order chi connectivity index (χ0) is 18.2. The van der Waals surface area contributed by atoms with Crippen molar-refractivity contribution in [3.8, 4) is 11.8 Å². The minimum atomic E-state index is -0.680. The largest absolute Gasteiger partial charge is 0.508 e. The predicted octanol–water partition coefficient (Wildman–Crippen LogP) is 3.93. The van der Waals surface area contributed by atoms with Gasteiger partial charge in [0, 0.05) is 21.4 Å². The van der Waals surface area contributed by atoms with Crippen LogP contribution in [0.5, 0.6) is 5.75 Å². The van der Waals surface area contributed by atoms with E-state index in [-0.39, 0.29) is 12.4 Å². The number of aliphatic hydroxyl groups excluding tert-OH is 1. The number of aliphatic hydroxyl groups is 1. The Labute approximate surface area is 159 Å². The minimum absolute atomic E-state index is 0.0366. The van der Waals surface area contributed by atoms with E-state index >= 15 is 0 Å². The number of amides is 1. The van der Waals surface area contributed by atoms with Gasteiger partial charge < -0.3 is 14.9 Å². The summed E-state index contributed by atoms with van der Waals surface area (Å²) in [6.07, 6.45) is -0.545. The van der Waals surface area contributed by atoms with Crippen LogP contribution in [0.15, 0.2) is 42.5 Å². The number of ether oxygens (including phenoxy) is 1. The second-order valence-corrected chi connectivity index (χ2v) is 6.52. The predicted molar refractivity (Wildman–Crippen MR) is 101 cm³/mol. The Morgan fingerprint density at radius 2 is 2.00 bits per heavy atom. The average molecular weight is 452 g/mol. The van der Waals surface area contributed by atoms with Crippen LogP contribution in [0, 0.1) is 14.9 Å². The number of aromatic hydroxyl groups is 1. The van der Waals surface area contributed by atoms with Crippen molar-refractivity contribution < 1.29 is 19.7 Å². The first-order valence-electron chi connectivity index (χ1n) is 7.60. The van der Waals surface area contributed by atoms with Gasteiger partial charge in [-0.15, -0.1) is 0 Å². The smallest absolute Gasteiger partial charge is 0.412 e. The molecule has 0 saturated carbocycles. The van der Waals surface area contributed by atoms with Crippen LogP contribution in [0.1, 0.15) is 30.1 Å². The molecule has 3 N–H and O–H groups in total. The molecule has 0 aliphatic heterocycles. The number of hydrogen-bond acceptors (Lipinski definition) is 5. The van der Waals surface area contributed by atoms with Gasteiger partial charge in [-0.3, -0.25) is 5.32 Å². The SMILES string of the molecule is N#Cc1ccc(NC(=O)O[C@@H](CCCO)c2cc(I)ccc2O)cc1. The lowest BCUT2D eigenvalue weighted by Gasteiger charge is -2.19. The van der Waals surface area contributed by atoms with Crippen molar-refractivity contribution in [1.82, 2.24) is 0 Å². The molecule has 0 aliphatic carbocycles. The highest BCUT2D eigenvalue weighted by atomic mass is 127. The first kappa shape index (κ1) is 19.0.